The van der Waals surface area contributed by atoms with Gasteiger partial charge in [-0.25, -0.2) is 4.39 Å². The molecule has 0 nitrogen and oxygen atoms in total. The first-order valence-electron chi connectivity index (χ1n) is 2.26. The molecule has 0 spiro atoms. The Kier molecular flexibility index (Phi) is 3.16. The van der Waals surface area contributed by atoms with Crippen molar-refractivity contribution in [2.45, 2.75) is 11.0 Å². The summed E-state index contributed by atoms with van der Waals surface area (Å²) in [6.45, 7) is 0. The predicted octanol–water partition coefficient (Wildman–Crippen LogP) is 3.69. The van der Waals surface area contributed by atoms with Gasteiger partial charge in [-0.2, -0.15) is 26.3 Å². The fourth-order valence-corrected chi connectivity index (χ4v) is 0.423. The molecule has 8 heteroatoms. The van der Waals surface area contributed by atoms with Crippen LogP contribution in [0.2, 0.25) is 0 Å². The van der Waals surface area contributed by atoms with Gasteiger partial charge in [-0.15, -0.1) is 0 Å². The van der Waals surface area contributed by atoms with Crippen LogP contribution in [0.15, 0.2) is 11.7 Å². The van der Waals surface area contributed by atoms with Gasteiger partial charge in [-0.05, 0) is 15.9 Å². The highest BCUT2D eigenvalue weighted by molar-refractivity contribution is 9.10. The highest BCUT2D eigenvalue weighted by Gasteiger charge is 2.45. The molecule has 0 aliphatic carbocycles. The van der Waals surface area contributed by atoms with Gasteiger partial charge >= 0.3 is 11.0 Å². The summed E-state index contributed by atoms with van der Waals surface area (Å²) in [5, 5.41) is 0. The van der Waals surface area contributed by atoms with E-state index in [2.05, 4.69) is 0 Å². The van der Waals surface area contributed by atoms with Gasteiger partial charge in [-0.1, -0.05) is 0 Å². The van der Waals surface area contributed by atoms with Crippen LogP contribution in [-0.4, -0.2) is 11.0 Å². The molecule has 72 valence electrons. The average molecular weight is 261 g/mol. The Morgan fingerprint density at radius 3 is 1.25 bits per heavy atom. The topological polar surface area (TPSA) is 0 Å². The number of halogens is 8. The first-order valence-corrected chi connectivity index (χ1v) is 3.05. The van der Waals surface area contributed by atoms with Crippen molar-refractivity contribution >= 4 is 15.9 Å². The molecule has 0 fully saturated rings. The molecule has 0 rings (SSSR count). The van der Waals surface area contributed by atoms with Crippen LogP contribution in [0.25, 0.3) is 0 Å². The molecule has 0 aliphatic rings. The van der Waals surface area contributed by atoms with Gasteiger partial charge in [0.2, 0.25) is 11.7 Å². The third kappa shape index (κ3) is 3.00. The number of rotatable bonds is 1. The molecular weight excluding hydrogens is 261 g/mol. The Balaban J connectivity index is 4.96. The maximum Gasteiger partial charge on any atom is 0.445 e. The Morgan fingerprint density at radius 1 is 0.833 bits per heavy atom. The monoisotopic (exact) mass is 260 g/mol. The van der Waals surface area contributed by atoms with Crippen molar-refractivity contribution in [1.29, 1.82) is 0 Å². The Hall–Kier alpha value is -0.270. The first kappa shape index (κ1) is 11.7. The van der Waals surface area contributed by atoms with E-state index in [1.165, 1.54) is 15.9 Å². The minimum atomic E-state index is -5.73. The molecule has 0 unspecified atom stereocenters. The maximum absolute atomic E-state index is 11.8. The molecule has 0 radical (unpaired) electrons. The van der Waals surface area contributed by atoms with E-state index in [0.717, 1.165) is 0 Å². The second-order valence-corrected chi connectivity index (χ2v) is 2.62. The third-order valence-corrected chi connectivity index (χ3v) is 1.04. The summed E-state index contributed by atoms with van der Waals surface area (Å²) in [4.78, 5) is -4.63. The van der Waals surface area contributed by atoms with Crippen molar-refractivity contribution in [3.63, 3.8) is 0 Å². The molecule has 0 aromatic rings. The summed E-state index contributed by atoms with van der Waals surface area (Å²) in [7, 11) is 0. The molecule has 0 bridgehead atoms. The molecule has 0 aromatic carbocycles. The minimum absolute atomic E-state index is 1.23. The lowest BCUT2D eigenvalue weighted by Crippen LogP contribution is -2.16. The summed E-state index contributed by atoms with van der Waals surface area (Å²) < 4.78 is 80.3. The van der Waals surface area contributed by atoms with Crippen molar-refractivity contribution < 1.29 is 30.7 Å². The Morgan fingerprint density at radius 2 is 1.17 bits per heavy atom. The second kappa shape index (κ2) is 3.23. The van der Waals surface area contributed by atoms with Crippen LogP contribution < -0.4 is 0 Å². The molecule has 0 aromatic heterocycles. The van der Waals surface area contributed by atoms with E-state index in [9.17, 15) is 30.7 Å². The van der Waals surface area contributed by atoms with Gasteiger partial charge in [-0.3, -0.25) is 0 Å². The van der Waals surface area contributed by atoms with Crippen LogP contribution in [0, 0.1) is 0 Å². The Labute approximate surface area is 70.2 Å². The normalized spacial score (nSPS) is 16.0. The molecule has 0 saturated heterocycles. The minimum Gasteiger partial charge on any atom is -0.201 e. The highest BCUT2D eigenvalue weighted by Crippen LogP contribution is 2.39. The standard InChI is InChI=1S/C4BrF7/c5-3(8,9)1(6)2(7)4(10,11)12/b2-1-. The lowest BCUT2D eigenvalue weighted by molar-refractivity contribution is -0.113. The SMILES string of the molecule is F/C(=C(\F)C(F)(F)Br)C(F)(F)F. The molecule has 0 saturated carbocycles. The second-order valence-electron chi connectivity index (χ2n) is 1.62. The fraction of sp³-hybridized carbons (Fsp3) is 0.500. The molecular formula is C4BrF7. The number of alkyl halides is 6. The first-order chi connectivity index (χ1) is 5.07. The van der Waals surface area contributed by atoms with Gasteiger partial charge in [0, 0.05) is 0 Å². The lowest BCUT2D eigenvalue weighted by Gasteiger charge is -2.08. The van der Waals surface area contributed by atoms with Crippen molar-refractivity contribution in [3.05, 3.63) is 11.7 Å². The van der Waals surface area contributed by atoms with Crippen molar-refractivity contribution in [2.24, 2.45) is 0 Å². The van der Waals surface area contributed by atoms with Gasteiger partial charge in [0.15, 0.2) is 0 Å². The molecule has 0 N–H and O–H groups in total. The summed E-state index contributed by atoms with van der Waals surface area (Å²) in [6.07, 6.45) is -5.73. The van der Waals surface area contributed by atoms with E-state index in [0.29, 0.717) is 0 Å². The number of allylic oxidation sites excluding steroid dienone is 2. The molecule has 0 aliphatic heterocycles. The molecule has 0 atom stereocenters. The van der Waals surface area contributed by atoms with Crippen LogP contribution in [0.3, 0.4) is 0 Å². The van der Waals surface area contributed by atoms with Gasteiger partial charge in [0.1, 0.15) is 0 Å². The molecule has 12 heavy (non-hydrogen) atoms. The van der Waals surface area contributed by atoms with Crippen LogP contribution in [0.4, 0.5) is 30.7 Å². The summed E-state index contributed by atoms with van der Waals surface area (Å²) in [5.74, 6) is -6.63. The predicted molar refractivity (Wildman–Crippen MR) is 29.2 cm³/mol. The largest absolute Gasteiger partial charge is 0.445 e. The van der Waals surface area contributed by atoms with Crippen LogP contribution >= 0.6 is 15.9 Å². The molecule has 0 amide bonds. The fourth-order valence-electron chi connectivity index (χ4n) is 0.249. The summed E-state index contributed by atoms with van der Waals surface area (Å²) >= 11 is 1.23. The van der Waals surface area contributed by atoms with E-state index in [1.807, 2.05) is 0 Å². The number of hydrogen-bond donors (Lipinski definition) is 0. The van der Waals surface area contributed by atoms with Crippen LogP contribution in [0.1, 0.15) is 0 Å². The Bertz CT molecular complexity index is 174. The number of hydrogen-bond acceptors (Lipinski definition) is 0. The van der Waals surface area contributed by atoms with E-state index < -0.39 is 22.7 Å². The van der Waals surface area contributed by atoms with E-state index >= 15 is 0 Å². The zero-order valence-corrected chi connectivity index (χ0v) is 6.61. The molecule has 0 heterocycles. The van der Waals surface area contributed by atoms with Crippen molar-refractivity contribution in [1.82, 2.24) is 0 Å². The van der Waals surface area contributed by atoms with Crippen molar-refractivity contribution in [2.75, 3.05) is 0 Å². The van der Waals surface area contributed by atoms with Crippen LogP contribution in [0.5, 0.6) is 0 Å². The average Bonchev–Trinajstić information content (AvgIpc) is 1.80. The van der Waals surface area contributed by atoms with Gasteiger partial charge < -0.3 is 0 Å². The zero-order valence-electron chi connectivity index (χ0n) is 5.02. The smallest absolute Gasteiger partial charge is 0.201 e. The van der Waals surface area contributed by atoms with Gasteiger partial charge in [0.05, 0.1) is 0 Å². The van der Waals surface area contributed by atoms with Crippen LogP contribution in [-0.2, 0) is 0 Å². The van der Waals surface area contributed by atoms with E-state index in [4.69, 9.17) is 0 Å². The van der Waals surface area contributed by atoms with Crippen molar-refractivity contribution in [3.8, 4) is 0 Å². The summed E-state index contributed by atoms with van der Waals surface area (Å²) in [5.41, 5.74) is 0. The zero-order chi connectivity index (χ0) is 10.2. The maximum atomic E-state index is 11.8. The summed E-state index contributed by atoms with van der Waals surface area (Å²) in [6, 6.07) is 0. The van der Waals surface area contributed by atoms with Gasteiger partial charge in [0.25, 0.3) is 0 Å². The van der Waals surface area contributed by atoms with E-state index in [-0.39, 0.29) is 0 Å². The quantitative estimate of drug-likeness (QED) is 0.498. The third-order valence-electron chi connectivity index (χ3n) is 0.690. The highest BCUT2D eigenvalue weighted by atomic mass is 79.9. The van der Waals surface area contributed by atoms with E-state index in [1.54, 1.807) is 0 Å². The lowest BCUT2D eigenvalue weighted by atomic mass is 10.4.